The van der Waals surface area contributed by atoms with E-state index in [9.17, 15) is 0 Å². The van der Waals surface area contributed by atoms with Crippen LogP contribution in [0, 0.1) is 0 Å². The fourth-order valence-electron chi connectivity index (χ4n) is 1.97. The minimum Gasteiger partial charge on any atom is -0.484 e. The van der Waals surface area contributed by atoms with Crippen LogP contribution in [0.15, 0.2) is 12.1 Å². The second-order valence-corrected chi connectivity index (χ2v) is 5.86. The molecule has 0 saturated heterocycles. The Hall–Kier alpha value is -1.37. The average molecular weight is 328 g/mol. The highest BCUT2D eigenvalue weighted by Gasteiger charge is 2.21. The van der Waals surface area contributed by atoms with E-state index in [1.807, 2.05) is 6.07 Å². The molecule has 1 N–H and O–H groups in total. The van der Waals surface area contributed by atoms with Gasteiger partial charge in [-0.2, -0.15) is 4.80 Å². The summed E-state index contributed by atoms with van der Waals surface area (Å²) in [5.74, 6) is 1.12. The number of rotatable bonds is 6. The Labute approximate surface area is 132 Å². The third-order valence-electron chi connectivity index (χ3n) is 3.14. The van der Waals surface area contributed by atoms with Crippen molar-refractivity contribution in [2.45, 2.75) is 32.0 Å². The molecular formula is C13H15Cl2N5O. The molecule has 112 valence electrons. The van der Waals surface area contributed by atoms with Gasteiger partial charge in [-0.1, -0.05) is 23.2 Å². The zero-order valence-corrected chi connectivity index (χ0v) is 13.0. The Morgan fingerprint density at radius 3 is 2.86 bits per heavy atom. The molecule has 0 aliphatic heterocycles. The minimum atomic E-state index is 0.214. The molecular weight excluding hydrogens is 313 g/mol. The van der Waals surface area contributed by atoms with Crippen molar-refractivity contribution in [2.24, 2.45) is 7.05 Å². The van der Waals surface area contributed by atoms with Crippen molar-refractivity contribution in [1.82, 2.24) is 25.5 Å². The summed E-state index contributed by atoms with van der Waals surface area (Å²) in [6.07, 6.45) is 2.43. The summed E-state index contributed by atoms with van der Waals surface area (Å²) in [5, 5.41) is 16.2. The molecule has 21 heavy (non-hydrogen) atoms. The Morgan fingerprint density at radius 2 is 2.19 bits per heavy atom. The molecule has 0 unspecified atom stereocenters. The van der Waals surface area contributed by atoms with Crippen molar-refractivity contribution in [3.63, 3.8) is 0 Å². The smallest absolute Gasteiger partial charge is 0.212 e. The topological polar surface area (TPSA) is 64.9 Å². The zero-order chi connectivity index (χ0) is 14.8. The van der Waals surface area contributed by atoms with Crippen LogP contribution in [0.5, 0.6) is 5.75 Å². The molecule has 0 amide bonds. The summed E-state index contributed by atoms with van der Waals surface area (Å²) >= 11 is 12.3. The summed E-state index contributed by atoms with van der Waals surface area (Å²) in [6, 6.07) is 4.13. The fraction of sp³-hybridized carbons (Fsp3) is 0.462. The lowest BCUT2D eigenvalue weighted by Crippen LogP contribution is -2.16. The summed E-state index contributed by atoms with van der Waals surface area (Å²) in [7, 11) is 1.71. The number of ether oxygens (including phenoxy) is 1. The number of nitrogens with one attached hydrogen (secondary N) is 1. The van der Waals surface area contributed by atoms with Gasteiger partial charge in [-0.25, -0.2) is 0 Å². The number of nitrogens with zero attached hydrogens (tertiary/aromatic N) is 4. The maximum atomic E-state index is 6.24. The molecule has 0 spiro atoms. The van der Waals surface area contributed by atoms with E-state index in [4.69, 9.17) is 27.9 Å². The van der Waals surface area contributed by atoms with Crippen molar-refractivity contribution in [1.29, 1.82) is 0 Å². The molecule has 1 heterocycles. The van der Waals surface area contributed by atoms with Gasteiger partial charge in [0, 0.05) is 23.2 Å². The Kier molecular flexibility index (Phi) is 4.28. The number of aryl methyl sites for hydroxylation is 1. The fourth-order valence-corrected chi connectivity index (χ4v) is 2.56. The quantitative estimate of drug-likeness (QED) is 0.882. The van der Waals surface area contributed by atoms with Crippen LogP contribution >= 0.6 is 23.2 Å². The second kappa shape index (κ2) is 6.17. The zero-order valence-electron chi connectivity index (χ0n) is 11.5. The highest BCUT2D eigenvalue weighted by Crippen LogP contribution is 2.33. The first kappa shape index (κ1) is 14.6. The number of hydrogen-bond donors (Lipinski definition) is 1. The predicted molar refractivity (Wildman–Crippen MR) is 79.5 cm³/mol. The summed E-state index contributed by atoms with van der Waals surface area (Å²) in [5.41, 5.74) is 0.934. The van der Waals surface area contributed by atoms with E-state index >= 15 is 0 Å². The van der Waals surface area contributed by atoms with E-state index in [-0.39, 0.29) is 6.61 Å². The van der Waals surface area contributed by atoms with Gasteiger partial charge in [-0.3, -0.25) is 0 Å². The molecule has 2 aromatic rings. The van der Waals surface area contributed by atoms with Gasteiger partial charge >= 0.3 is 0 Å². The van der Waals surface area contributed by atoms with Gasteiger partial charge in [0.2, 0.25) is 5.82 Å². The average Bonchev–Trinajstić information content (AvgIpc) is 3.17. The molecule has 8 heteroatoms. The first-order chi connectivity index (χ1) is 10.1. The van der Waals surface area contributed by atoms with Crippen LogP contribution in [-0.4, -0.2) is 26.2 Å². The maximum absolute atomic E-state index is 6.24. The molecule has 0 atom stereocenters. The lowest BCUT2D eigenvalue weighted by molar-refractivity contribution is 0.291. The van der Waals surface area contributed by atoms with Crippen molar-refractivity contribution in [2.75, 3.05) is 0 Å². The lowest BCUT2D eigenvalue weighted by Gasteiger charge is -2.13. The van der Waals surface area contributed by atoms with Gasteiger partial charge in [-0.05, 0) is 30.2 Å². The molecule has 1 saturated carbocycles. The van der Waals surface area contributed by atoms with Crippen molar-refractivity contribution in [3.8, 4) is 5.75 Å². The second-order valence-electron chi connectivity index (χ2n) is 5.01. The molecule has 0 radical (unpaired) electrons. The summed E-state index contributed by atoms with van der Waals surface area (Å²) < 4.78 is 5.77. The van der Waals surface area contributed by atoms with Crippen LogP contribution in [0.1, 0.15) is 24.2 Å². The minimum absolute atomic E-state index is 0.214. The van der Waals surface area contributed by atoms with Gasteiger partial charge in [0.25, 0.3) is 0 Å². The van der Waals surface area contributed by atoms with E-state index in [0.717, 1.165) is 5.56 Å². The largest absolute Gasteiger partial charge is 0.484 e. The Morgan fingerprint density at radius 1 is 1.38 bits per heavy atom. The molecule has 1 aromatic carbocycles. The van der Waals surface area contributed by atoms with Crippen molar-refractivity contribution in [3.05, 3.63) is 33.6 Å². The molecule has 1 aliphatic rings. The number of halogens is 2. The van der Waals surface area contributed by atoms with Crippen LogP contribution in [0.4, 0.5) is 0 Å². The van der Waals surface area contributed by atoms with Crippen molar-refractivity contribution < 1.29 is 4.74 Å². The SMILES string of the molecule is Cn1nnc(COc2c(Cl)cc(Cl)cc2CNC2CC2)n1. The van der Waals surface area contributed by atoms with E-state index < -0.39 is 0 Å². The predicted octanol–water partition coefficient (Wildman–Crippen LogP) is 2.35. The first-order valence-electron chi connectivity index (χ1n) is 6.69. The van der Waals surface area contributed by atoms with E-state index in [2.05, 4.69) is 20.7 Å². The van der Waals surface area contributed by atoms with Crippen LogP contribution in [0.2, 0.25) is 10.0 Å². The number of benzene rings is 1. The Balaban J connectivity index is 1.74. The van der Waals surface area contributed by atoms with E-state index in [1.165, 1.54) is 17.6 Å². The number of tetrazole rings is 1. The number of hydrogen-bond acceptors (Lipinski definition) is 5. The monoisotopic (exact) mass is 327 g/mol. The van der Waals surface area contributed by atoms with Crippen LogP contribution in [0.3, 0.4) is 0 Å². The normalized spacial score (nSPS) is 14.4. The molecule has 6 nitrogen and oxygen atoms in total. The summed E-state index contributed by atoms with van der Waals surface area (Å²) in [6.45, 7) is 0.889. The standard InChI is InChI=1S/C13H15Cl2N5O/c1-20-18-12(17-19-20)7-21-13-8(6-16-10-2-3-10)4-9(14)5-11(13)15/h4-5,10,16H,2-3,6-7H2,1H3. The van der Waals surface area contributed by atoms with Gasteiger partial charge in [-0.15, -0.1) is 10.2 Å². The van der Waals surface area contributed by atoms with Gasteiger partial charge < -0.3 is 10.1 Å². The van der Waals surface area contributed by atoms with Gasteiger partial charge in [0.1, 0.15) is 5.75 Å². The van der Waals surface area contributed by atoms with Gasteiger partial charge in [0.15, 0.2) is 6.61 Å². The van der Waals surface area contributed by atoms with Crippen molar-refractivity contribution >= 4 is 23.2 Å². The highest BCUT2D eigenvalue weighted by atomic mass is 35.5. The molecule has 0 bridgehead atoms. The molecule has 1 fully saturated rings. The highest BCUT2D eigenvalue weighted by molar-refractivity contribution is 6.35. The van der Waals surface area contributed by atoms with Crippen LogP contribution < -0.4 is 10.1 Å². The van der Waals surface area contributed by atoms with Crippen LogP contribution in [-0.2, 0) is 20.2 Å². The maximum Gasteiger partial charge on any atom is 0.212 e. The first-order valence-corrected chi connectivity index (χ1v) is 7.44. The third kappa shape index (κ3) is 3.84. The van der Waals surface area contributed by atoms with E-state index in [1.54, 1.807) is 13.1 Å². The molecule has 1 aliphatic carbocycles. The lowest BCUT2D eigenvalue weighted by atomic mass is 10.2. The molecule has 3 rings (SSSR count). The summed E-state index contributed by atoms with van der Waals surface area (Å²) in [4.78, 5) is 1.39. The van der Waals surface area contributed by atoms with E-state index in [0.29, 0.717) is 34.2 Å². The van der Waals surface area contributed by atoms with Crippen LogP contribution in [0.25, 0.3) is 0 Å². The van der Waals surface area contributed by atoms with Gasteiger partial charge in [0.05, 0.1) is 12.1 Å². The number of aromatic nitrogens is 4. The third-order valence-corrected chi connectivity index (χ3v) is 3.64. The molecule has 1 aromatic heterocycles. The Bertz CT molecular complexity index is 641.